The highest BCUT2D eigenvalue weighted by Gasteiger charge is 2.19. The van der Waals surface area contributed by atoms with Gasteiger partial charge in [0, 0.05) is 44.3 Å². The number of nitro groups is 1. The molecule has 0 spiro atoms. The Morgan fingerprint density at radius 1 is 1.27 bits per heavy atom. The van der Waals surface area contributed by atoms with E-state index in [1.54, 1.807) is 12.3 Å². The Hall–Kier alpha value is -2.02. The van der Waals surface area contributed by atoms with Crippen molar-refractivity contribution in [3.63, 3.8) is 0 Å². The van der Waals surface area contributed by atoms with E-state index in [4.69, 9.17) is 0 Å². The highest BCUT2D eigenvalue weighted by Crippen LogP contribution is 2.37. The molecule has 1 aromatic carbocycles. The number of aryl methyl sites for hydroxylation is 1. The predicted octanol–water partition coefficient (Wildman–Crippen LogP) is 3.47. The van der Waals surface area contributed by atoms with Crippen LogP contribution in [0.15, 0.2) is 40.6 Å². The van der Waals surface area contributed by atoms with Gasteiger partial charge in [0.05, 0.1) is 9.82 Å². The van der Waals surface area contributed by atoms with Crippen LogP contribution < -0.4 is 4.90 Å². The van der Waals surface area contributed by atoms with Crippen molar-refractivity contribution < 1.29 is 4.92 Å². The van der Waals surface area contributed by atoms with Gasteiger partial charge in [-0.25, -0.2) is 4.98 Å². The average Bonchev–Trinajstić information content (AvgIpc) is 2.93. The Balaban J connectivity index is 1.93. The first-order valence-electron chi connectivity index (χ1n) is 7.34. The van der Waals surface area contributed by atoms with Crippen LogP contribution in [0, 0.1) is 10.1 Å². The lowest BCUT2D eigenvalue weighted by Crippen LogP contribution is -2.29. The number of hydrogen-bond donors (Lipinski definition) is 0. The van der Waals surface area contributed by atoms with Gasteiger partial charge < -0.3 is 9.47 Å². The third-order valence-electron chi connectivity index (χ3n) is 3.84. The molecule has 0 atom stereocenters. The minimum atomic E-state index is -0.328. The highest BCUT2D eigenvalue weighted by atomic mass is 32.2. The fourth-order valence-corrected chi connectivity index (χ4v) is 3.57. The van der Waals surface area contributed by atoms with Gasteiger partial charge >= 0.3 is 0 Å². The summed E-state index contributed by atoms with van der Waals surface area (Å²) in [7, 11) is 1.88. The Morgan fingerprint density at radius 2 is 2.05 bits per heavy atom. The van der Waals surface area contributed by atoms with Gasteiger partial charge in [-0.1, -0.05) is 0 Å². The molecule has 7 heteroatoms. The first kappa shape index (κ1) is 14.9. The molecule has 0 bridgehead atoms. The van der Waals surface area contributed by atoms with E-state index in [-0.39, 0.29) is 10.6 Å². The second kappa shape index (κ2) is 6.39. The van der Waals surface area contributed by atoms with Gasteiger partial charge in [-0.15, -0.1) is 0 Å². The van der Waals surface area contributed by atoms with Crippen molar-refractivity contribution in [1.82, 2.24) is 9.55 Å². The largest absolute Gasteiger partial charge is 0.371 e. The lowest BCUT2D eigenvalue weighted by molar-refractivity contribution is -0.387. The normalized spacial score (nSPS) is 15.0. The van der Waals surface area contributed by atoms with Crippen LogP contribution in [0.5, 0.6) is 0 Å². The number of anilines is 1. The number of hydrogen-bond acceptors (Lipinski definition) is 5. The van der Waals surface area contributed by atoms with Gasteiger partial charge in [0.25, 0.3) is 5.69 Å². The fraction of sp³-hybridized carbons (Fsp3) is 0.400. The number of imidazole rings is 1. The van der Waals surface area contributed by atoms with Crippen molar-refractivity contribution in [2.45, 2.75) is 29.3 Å². The van der Waals surface area contributed by atoms with Gasteiger partial charge in [0.15, 0.2) is 5.16 Å². The summed E-state index contributed by atoms with van der Waals surface area (Å²) < 4.78 is 1.86. The Bertz CT molecular complexity index is 680. The molecule has 0 aliphatic carbocycles. The number of rotatable bonds is 4. The fourth-order valence-electron chi connectivity index (χ4n) is 2.63. The van der Waals surface area contributed by atoms with Crippen LogP contribution in [-0.2, 0) is 7.05 Å². The Labute approximate surface area is 133 Å². The molecule has 0 saturated carbocycles. The van der Waals surface area contributed by atoms with Crippen LogP contribution in [-0.4, -0.2) is 27.6 Å². The van der Waals surface area contributed by atoms with Crippen LogP contribution in [0.25, 0.3) is 0 Å². The third kappa shape index (κ3) is 3.09. The molecular formula is C15H18N4O2S. The lowest BCUT2D eigenvalue weighted by atomic mass is 10.1. The van der Waals surface area contributed by atoms with Crippen LogP contribution in [0.4, 0.5) is 11.4 Å². The van der Waals surface area contributed by atoms with Crippen LogP contribution in [0.3, 0.4) is 0 Å². The minimum Gasteiger partial charge on any atom is -0.371 e. The third-order valence-corrected chi connectivity index (χ3v) is 4.96. The molecule has 0 N–H and O–H groups in total. The van der Waals surface area contributed by atoms with E-state index in [9.17, 15) is 10.1 Å². The standard InChI is InChI=1S/C15H18N4O2S/c1-17-10-7-16-15(17)22-14-11-12(5-6-13(14)19(20)21)18-8-3-2-4-9-18/h5-7,10-11H,2-4,8-9H2,1H3. The van der Waals surface area contributed by atoms with Crippen molar-refractivity contribution in [1.29, 1.82) is 0 Å². The molecule has 3 rings (SSSR count). The number of benzene rings is 1. The molecule has 1 saturated heterocycles. The van der Waals surface area contributed by atoms with E-state index in [1.165, 1.54) is 31.0 Å². The maximum absolute atomic E-state index is 11.3. The molecule has 0 radical (unpaired) electrons. The first-order valence-corrected chi connectivity index (χ1v) is 8.15. The molecule has 1 fully saturated rings. The van der Waals surface area contributed by atoms with Gasteiger partial charge in [-0.2, -0.15) is 0 Å². The van der Waals surface area contributed by atoms with Gasteiger partial charge in [-0.05, 0) is 43.2 Å². The molecule has 0 amide bonds. The topological polar surface area (TPSA) is 64.2 Å². The molecule has 1 aliphatic heterocycles. The summed E-state index contributed by atoms with van der Waals surface area (Å²) in [6, 6.07) is 5.38. The molecule has 0 unspecified atom stereocenters. The van der Waals surface area contributed by atoms with Crippen LogP contribution >= 0.6 is 11.8 Å². The highest BCUT2D eigenvalue weighted by molar-refractivity contribution is 7.99. The summed E-state index contributed by atoms with van der Waals surface area (Å²) >= 11 is 1.34. The van der Waals surface area contributed by atoms with Crippen molar-refractivity contribution in [3.05, 3.63) is 40.7 Å². The van der Waals surface area contributed by atoms with Crippen molar-refractivity contribution in [2.75, 3.05) is 18.0 Å². The van der Waals surface area contributed by atoms with Gasteiger partial charge in [0.1, 0.15) is 0 Å². The Morgan fingerprint density at radius 3 is 2.68 bits per heavy atom. The van der Waals surface area contributed by atoms with E-state index in [0.29, 0.717) is 4.90 Å². The molecule has 1 aliphatic rings. The average molecular weight is 318 g/mol. The Kier molecular flexibility index (Phi) is 4.33. The van der Waals surface area contributed by atoms with Crippen molar-refractivity contribution >= 4 is 23.1 Å². The summed E-state index contributed by atoms with van der Waals surface area (Å²) in [6.07, 6.45) is 7.15. The van der Waals surface area contributed by atoms with Gasteiger partial charge in [0.2, 0.25) is 0 Å². The van der Waals surface area contributed by atoms with E-state index in [1.807, 2.05) is 29.9 Å². The molecule has 116 valence electrons. The number of nitro benzene ring substituents is 1. The van der Waals surface area contributed by atoms with E-state index in [0.717, 1.165) is 23.9 Å². The summed E-state index contributed by atoms with van der Waals surface area (Å²) in [5.74, 6) is 0. The zero-order chi connectivity index (χ0) is 15.5. The molecular weight excluding hydrogens is 300 g/mol. The summed E-state index contributed by atoms with van der Waals surface area (Å²) in [6.45, 7) is 2.04. The summed E-state index contributed by atoms with van der Waals surface area (Å²) in [5, 5.41) is 12.0. The smallest absolute Gasteiger partial charge is 0.283 e. The van der Waals surface area contributed by atoms with Crippen LogP contribution in [0.1, 0.15) is 19.3 Å². The summed E-state index contributed by atoms with van der Waals surface area (Å²) in [4.78, 5) is 18.1. The predicted molar refractivity (Wildman–Crippen MR) is 86.5 cm³/mol. The zero-order valence-corrected chi connectivity index (χ0v) is 13.3. The molecule has 22 heavy (non-hydrogen) atoms. The van der Waals surface area contributed by atoms with E-state index >= 15 is 0 Å². The second-order valence-corrected chi connectivity index (χ2v) is 6.39. The minimum absolute atomic E-state index is 0.133. The van der Waals surface area contributed by atoms with E-state index in [2.05, 4.69) is 9.88 Å². The number of nitrogens with zero attached hydrogens (tertiary/aromatic N) is 4. The van der Waals surface area contributed by atoms with Gasteiger partial charge in [-0.3, -0.25) is 10.1 Å². The van der Waals surface area contributed by atoms with E-state index < -0.39 is 0 Å². The number of aromatic nitrogens is 2. The maximum atomic E-state index is 11.3. The zero-order valence-electron chi connectivity index (χ0n) is 12.4. The maximum Gasteiger partial charge on any atom is 0.283 e. The molecule has 6 nitrogen and oxygen atoms in total. The van der Waals surface area contributed by atoms with Crippen molar-refractivity contribution in [2.24, 2.45) is 7.05 Å². The lowest BCUT2D eigenvalue weighted by Gasteiger charge is -2.29. The van der Waals surface area contributed by atoms with Crippen LogP contribution in [0.2, 0.25) is 0 Å². The van der Waals surface area contributed by atoms with Crippen molar-refractivity contribution in [3.8, 4) is 0 Å². The second-order valence-electron chi connectivity index (χ2n) is 5.38. The molecule has 2 heterocycles. The summed E-state index contributed by atoms with van der Waals surface area (Å²) in [5.41, 5.74) is 1.19. The quantitative estimate of drug-likeness (QED) is 0.638. The monoisotopic (exact) mass is 318 g/mol. The molecule has 2 aromatic rings. The number of piperidine rings is 1. The first-order chi connectivity index (χ1) is 10.6. The molecule has 1 aromatic heterocycles. The SMILES string of the molecule is Cn1ccnc1Sc1cc(N2CCCCC2)ccc1[N+](=O)[O-].